The number of hydrogen-bond donors (Lipinski definition) is 1. The van der Waals surface area contributed by atoms with Crippen LogP contribution in [0.4, 0.5) is 0 Å². The normalized spacial score (nSPS) is 12.1. The number of ether oxygens (including phenoxy) is 1. The summed E-state index contributed by atoms with van der Waals surface area (Å²) in [6, 6.07) is 15.7. The van der Waals surface area contributed by atoms with Gasteiger partial charge in [-0.15, -0.1) is 0 Å². The number of hydrogen-bond acceptors (Lipinski definition) is 2. The van der Waals surface area contributed by atoms with E-state index in [0.717, 1.165) is 31.1 Å². The van der Waals surface area contributed by atoms with Crippen molar-refractivity contribution in [3.63, 3.8) is 0 Å². The number of aromatic hydroxyl groups is 1. The van der Waals surface area contributed by atoms with Gasteiger partial charge in [0, 0.05) is 0 Å². The Morgan fingerprint density at radius 1 is 0.955 bits per heavy atom. The van der Waals surface area contributed by atoms with Crippen molar-refractivity contribution in [3.8, 4) is 11.5 Å². The number of phenols is 1. The predicted molar refractivity (Wildman–Crippen MR) is 91.5 cm³/mol. The molecule has 0 bridgehead atoms. The van der Waals surface area contributed by atoms with Gasteiger partial charge in [-0.1, -0.05) is 44.5 Å². The lowest BCUT2D eigenvalue weighted by Gasteiger charge is -2.10. The molecule has 2 aromatic carbocycles. The molecule has 118 valence electrons. The molecule has 0 aliphatic rings. The highest BCUT2D eigenvalue weighted by atomic mass is 16.5. The average Bonchev–Trinajstić information content (AvgIpc) is 2.55. The molecule has 2 rings (SSSR count). The molecule has 1 atom stereocenters. The van der Waals surface area contributed by atoms with Gasteiger partial charge in [-0.05, 0) is 60.6 Å². The minimum atomic E-state index is 0.310. The Morgan fingerprint density at radius 2 is 1.55 bits per heavy atom. The van der Waals surface area contributed by atoms with Crippen molar-refractivity contribution in [1.29, 1.82) is 0 Å². The average molecular weight is 298 g/mol. The molecule has 0 saturated heterocycles. The standard InChI is InChI=1S/C20H26O2/c1-3-16(2)5-4-14-22-20-12-8-18(9-13-20)15-17-6-10-19(21)11-7-17/h6-13,16,21H,3-5,14-15H2,1-2H3. The molecule has 0 heterocycles. The van der Waals surface area contributed by atoms with Crippen molar-refractivity contribution >= 4 is 0 Å². The van der Waals surface area contributed by atoms with Crippen LogP contribution in [0.2, 0.25) is 0 Å². The molecule has 22 heavy (non-hydrogen) atoms. The number of rotatable bonds is 8. The van der Waals surface area contributed by atoms with Crippen molar-refractivity contribution in [2.24, 2.45) is 5.92 Å². The van der Waals surface area contributed by atoms with Crippen LogP contribution in [0.15, 0.2) is 48.5 Å². The third-order valence-corrected chi connectivity index (χ3v) is 4.07. The molecule has 2 nitrogen and oxygen atoms in total. The Hall–Kier alpha value is -1.96. The molecule has 0 spiro atoms. The summed E-state index contributed by atoms with van der Waals surface area (Å²) in [4.78, 5) is 0. The summed E-state index contributed by atoms with van der Waals surface area (Å²) in [6.07, 6.45) is 4.46. The summed E-state index contributed by atoms with van der Waals surface area (Å²) in [5, 5.41) is 9.30. The molecule has 1 unspecified atom stereocenters. The minimum Gasteiger partial charge on any atom is -0.508 e. The van der Waals surface area contributed by atoms with Gasteiger partial charge in [-0.2, -0.15) is 0 Å². The van der Waals surface area contributed by atoms with Gasteiger partial charge in [0.1, 0.15) is 11.5 Å². The van der Waals surface area contributed by atoms with Crippen molar-refractivity contribution < 1.29 is 9.84 Å². The van der Waals surface area contributed by atoms with E-state index in [-0.39, 0.29) is 0 Å². The summed E-state index contributed by atoms with van der Waals surface area (Å²) in [7, 11) is 0. The fourth-order valence-electron chi connectivity index (χ4n) is 2.38. The summed E-state index contributed by atoms with van der Waals surface area (Å²) in [5.41, 5.74) is 2.44. The van der Waals surface area contributed by atoms with Crippen LogP contribution >= 0.6 is 0 Å². The van der Waals surface area contributed by atoms with E-state index in [1.807, 2.05) is 24.3 Å². The molecule has 0 fully saturated rings. The van der Waals surface area contributed by atoms with E-state index in [9.17, 15) is 5.11 Å². The van der Waals surface area contributed by atoms with Gasteiger partial charge in [0.05, 0.1) is 6.61 Å². The second-order valence-corrected chi connectivity index (χ2v) is 5.99. The van der Waals surface area contributed by atoms with Crippen molar-refractivity contribution in [2.75, 3.05) is 6.61 Å². The fraction of sp³-hybridized carbons (Fsp3) is 0.400. The Balaban J connectivity index is 1.79. The SMILES string of the molecule is CCC(C)CCCOc1ccc(Cc2ccc(O)cc2)cc1. The maximum absolute atomic E-state index is 9.30. The molecule has 2 aromatic rings. The van der Waals surface area contributed by atoms with Gasteiger partial charge in [0.25, 0.3) is 0 Å². The maximum atomic E-state index is 9.30. The Labute approximate surface area is 133 Å². The first-order valence-corrected chi connectivity index (χ1v) is 8.17. The van der Waals surface area contributed by atoms with Crippen LogP contribution in [-0.4, -0.2) is 11.7 Å². The molecule has 1 N–H and O–H groups in total. The van der Waals surface area contributed by atoms with E-state index in [1.165, 1.54) is 24.0 Å². The molecule has 0 aliphatic carbocycles. The summed E-state index contributed by atoms with van der Waals surface area (Å²) >= 11 is 0. The summed E-state index contributed by atoms with van der Waals surface area (Å²) < 4.78 is 5.79. The summed E-state index contributed by atoms with van der Waals surface area (Å²) in [6.45, 7) is 5.32. The van der Waals surface area contributed by atoms with E-state index >= 15 is 0 Å². The van der Waals surface area contributed by atoms with Crippen LogP contribution < -0.4 is 4.74 Å². The molecule has 2 heteroatoms. The molecule has 0 radical (unpaired) electrons. The molecule has 0 aromatic heterocycles. The molecule has 0 aliphatic heterocycles. The first kappa shape index (κ1) is 16.4. The van der Waals surface area contributed by atoms with E-state index in [0.29, 0.717) is 5.75 Å². The lowest BCUT2D eigenvalue weighted by atomic mass is 10.0. The highest BCUT2D eigenvalue weighted by Crippen LogP contribution is 2.18. The lowest BCUT2D eigenvalue weighted by molar-refractivity contribution is 0.294. The smallest absolute Gasteiger partial charge is 0.119 e. The van der Waals surface area contributed by atoms with Crippen molar-refractivity contribution in [3.05, 3.63) is 59.7 Å². The first-order chi connectivity index (χ1) is 10.7. The van der Waals surface area contributed by atoms with E-state index in [2.05, 4.69) is 26.0 Å². The predicted octanol–water partition coefficient (Wildman–Crippen LogP) is 5.19. The van der Waals surface area contributed by atoms with Crippen LogP contribution in [0.25, 0.3) is 0 Å². The minimum absolute atomic E-state index is 0.310. The van der Waals surface area contributed by atoms with Crippen LogP contribution in [0, 0.1) is 5.92 Å². The Kier molecular flexibility index (Phi) is 6.32. The third-order valence-electron chi connectivity index (χ3n) is 4.07. The molecular formula is C20H26O2. The quantitative estimate of drug-likeness (QED) is 0.680. The maximum Gasteiger partial charge on any atom is 0.119 e. The van der Waals surface area contributed by atoms with E-state index in [1.54, 1.807) is 12.1 Å². The van der Waals surface area contributed by atoms with Gasteiger partial charge in [0.15, 0.2) is 0 Å². The van der Waals surface area contributed by atoms with E-state index < -0.39 is 0 Å². The van der Waals surface area contributed by atoms with Gasteiger partial charge in [-0.25, -0.2) is 0 Å². The summed E-state index contributed by atoms with van der Waals surface area (Å²) in [5.74, 6) is 2.04. The van der Waals surface area contributed by atoms with Crippen molar-refractivity contribution in [2.45, 2.75) is 39.5 Å². The third kappa shape index (κ3) is 5.44. The highest BCUT2D eigenvalue weighted by Gasteiger charge is 2.01. The van der Waals surface area contributed by atoms with Crippen LogP contribution in [0.5, 0.6) is 11.5 Å². The Bertz CT molecular complexity index is 543. The fourth-order valence-corrected chi connectivity index (χ4v) is 2.38. The zero-order chi connectivity index (χ0) is 15.8. The molecule has 0 saturated carbocycles. The van der Waals surface area contributed by atoms with Crippen LogP contribution in [-0.2, 0) is 6.42 Å². The van der Waals surface area contributed by atoms with E-state index in [4.69, 9.17) is 4.74 Å². The van der Waals surface area contributed by atoms with Gasteiger partial charge in [0.2, 0.25) is 0 Å². The van der Waals surface area contributed by atoms with Gasteiger partial charge in [-0.3, -0.25) is 0 Å². The first-order valence-electron chi connectivity index (χ1n) is 8.17. The largest absolute Gasteiger partial charge is 0.508 e. The highest BCUT2D eigenvalue weighted by molar-refractivity contribution is 5.33. The van der Waals surface area contributed by atoms with Crippen LogP contribution in [0.1, 0.15) is 44.2 Å². The Morgan fingerprint density at radius 3 is 2.14 bits per heavy atom. The zero-order valence-electron chi connectivity index (χ0n) is 13.6. The number of benzene rings is 2. The molecular weight excluding hydrogens is 272 g/mol. The molecule has 0 amide bonds. The van der Waals surface area contributed by atoms with Crippen molar-refractivity contribution in [1.82, 2.24) is 0 Å². The van der Waals surface area contributed by atoms with Crippen LogP contribution in [0.3, 0.4) is 0 Å². The second kappa shape index (κ2) is 8.47. The number of phenolic OH excluding ortho intramolecular Hbond substituents is 1. The van der Waals surface area contributed by atoms with Gasteiger partial charge >= 0.3 is 0 Å². The lowest BCUT2D eigenvalue weighted by Crippen LogP contribution is -2.01. The topological polar surface area (TPSA) is 29.5 Å². The monoisotopic (exact) mass is 298 g/mol. The van der Waals surface area contributed by atoms with Gasteiger partial charge < -0.3 is 9.84 Å². The second-order valence-electron chi connectivity index (χ2n) is 5.99. The zero-order valence-corrected chi connectivity index (χ0v) is 13.6.